The van der Waals surface area contributed by atoms with Gasteiger partial charge in [-0.1, -0.05) is 38.5 Å². The van der Waals surface area contributed by atoms with Gasteiger partial charge in [-0.15, -0.1) is 0 Å². The van der Waals surface area contributed by atoms with E-state index < -0.39 is 0 Å². The van der Waals surface area contributed by atoms with Crippen molar-refractivity contribution in [3.05, 3.63) is 59.7 Å². The molecule has 0 bridgehead atoms. The molecule has 2 heterocycles. The number of likely N-dealkylation sites (N-methyl/N-ethyl adjacent to an activating group) is 1. The van der Waals surface area contributed by atoms with Crippen molar-refractivity contribution in [2.75, 3.05) is 64.4 Å². The zero-order valence-corrected chi connectivity index (χ0v) is 24.1. The van der Waals surface area contributed by atoms with Crippen LogP contribution in [-0.4, -0.2) is 86.0 Å². The van der Waals surface area contributed by atoms with Gasteiger partial charge >= 0.3 is 0 Å². The van der Waals surface area contributed by atoms with Gasteiger partial charge in [-0.3, -0.25) is 14.5 Å². The van der Waals surface area contributed by atoms with Gasteiger partial charge < -0.3 is 19.4 Å². The monoisotopic (exact) mass is 534 g/mol. The number of rotatable bonds is 7. The Morgan fingerprint density at radius 1 is 0.846 bits per heavy atom. The molecule has 1 fully saturated rings. The average molecular weight is 535 g/mol. The van der Waals surface area contributed by atoms with Crippen molar-refractivity contribution < 1.29 is 14.3 Å². The normalized spacial score (nSPS) is 17.9. The quantitative estimate of drug-likeness (QED) is 0.505. The molecule has 0 saturated carbocycles. The van der Waals surface area contributed by atoms with Gasteiger partial charge in [-0.05, 0) is 87.8 Å². The van der Waals surface area contributed by atoms with E-state index in [9.17, 15) is 9.59 Å². The van der Waals surface area contributed by atoms with Crippen molar-refractivity contribution in [2.24, 2.45) is 5.92 Å². The molecule has 7 heteroatoms. The smallest absolute Gasteiger partial charge is 0.254 e. The molecular weight excluding hydrogens is 488 g/mol. The number of ether oxygens (including phenoxy) is 1. The Bertz CT molecular complexity index is 1070. The summed E-state index contributed by atoms with van der Waals surface area (Å²) in [4.78, 5) is 35.6. The van der Waals surface area contributed by atoms with Crippen molar-refractivity contribution in [2.45, 2.75) is 52.5 Å². The summed E-state index contributed by atoms with van der Waals surface area (Å²) in [6.45, 7) is 11.5. The maximum absolute atomic E-state index is 13.7. The second-order valence-corrected chi connectivity index (χ2v) is 11.4. The molecule has 2 aliphatic heterocycles. The fourth-order valence-corrected chi connectivity index (χ4v) is 5.46. The van der Waals surface area contributed by atoms with Gasteiger partial charge in [0.05, 0.1) is 0 Å². The van der Waals surface area contributed by atoms with E-state index in [4.69, 9.17) is 4.74 Å². The van der Waals surface area contributed by atoms with Crippen molar-refractivity contribution in [1.29, 1.82) is 0 Å². The maximum Gasteiger partial charge on any atom is 0.254 e. The molecule has 4 rings (SSSR count). The van der Waals surface area contributed by atoms with Crippen LogP contribution in [0.4, 0.5) is 5.69 Å². The molecule has 0 N–H and O–H groups in total. The van der Waals surface area contributed by atoms with Gasteiger partial charge in [-0.2, -0.15) is 0 Å². The first-order valence-corrected chi connectivity index (χ1v) is 14.7. The fraction of sp³-hybridized carbons (Fsp3) is 0.562. The number of benzene rings is 2. The minimum Gasteiger partial charge on any atom is -0.492 e. The molecule has 0 atom stereocenters. The third-order valence-corrected chi connectivity index (χ3v) is 7.71. The van der Waals surface area contributed by atoms with E-state index in [1.165, 1.54) is 19.3 Å². The Balaban J connectivity index is 1.47. The van der Waals surface area contributed by atoms with Gasteiger partial charge in [0.15, 0.2) is 0 Å². The summed E-state index contributed by atoms with van der Waals surface area (Å²) in [7, 11) is 2.09. The first kappa shape index (κ1) is 29.1. The first-order valence-electron chi connectivity index (χ1n) is 14.7. The second-order valence-electron chi connectivity index (χ2n) is 11.4. The van der Waals surface area contributed by atoms with Gasteiger partial charge in [0, 0.05) is 50.4 Å². The number of hydrogen-bond acceptors (Lipinski definition) is 5. The van der Waals surface area contributed by atoms with E-state index in [-0.39, 0.29) is 11.8 Å². The Morgan fingerprint density at radius 2 is 1.59 bits per heavy atom. The number of carbonyl (C=O) groups is 2. The Kier molecular flexibility index (Phi) is 10.8. The minimum absolute atomic E-state index is 0.00243. The number of carbonyl (C=O) groups excluding carboxylic acids is 2. The summed E-state index contributed by atoms with van der Waals surface area (Å²) in [5.41, 5.74) is 2.58. The van der Waals surface area contributed by atoms with Gasteiger partial charge in [0.1, 0.15) is 12.4 Å². The topological polar surface area (TPSA) is 56.3 Å². The molecule has 1 saturated heterocycles. The molecule has 2 aromatic rings. The van der Waals surface area contributed by atoms with Crippen LogP contribution in [-0.2, 0) is 11.3 Å². The van der Waals surface area contributed by atoms with Crippen LogP contribution in [0.15, 0.2) is 48.5 Å². The highest BCUT2D eigenvalue weighted by atomic mass is 16.5. The largest absolute Gasteiger partial charge is 0.492 e. The Labute approximate surface area is 234 Å². The highest BCUT2D eigenvalue weighted by molar-refractivity contribution is 5.95. The van der Waals surface area contributed by atoms with E-state index >= 15 is 0 Å². The summed E-state index contributed by atoms with van der Waals surface area (Å²) in [5.74, 6) is 1.23. The Hall–Kier alpha value is -2.90. The standard InChI is InChI=1S/C32H46N4O3/c1-26(2)24-31(37)36-19-9-16-33(3)20-21-35(25-28-10-5-6-11-30(28)36)32(38)27-12-14-29(15-13-27)39-23-22-34-17-7-4-8-18-34/h5-6,10-15,26H,4,7-9,16-25H2,1-3H3. The number of piperidine rings is 1. The number of nitrogens with zero attached hydrogens (tertiary/aromatic N) is 4. The lowest BCUT2D eigenvalue weighted by Gasteiger charge is -2.28. The first-order chi connectivity index (χ1) is 18.9. The summed E-state index contributed by atoms with van der Waals surface area (Å²) >= 11 is 0. The molecule has 2 amide bonds. The number of fused-ring (bicyclic) bond motifs is 1. The van der Waals surface area contributed by atoms with E-state index in [0.717, 1.165) is 56.1 Å². The summed E-state index contributed by atoms with van der Waals surface area (Å²) < 4.78 is 5.98. The van der Waals surface area contributed by atoms with Crippen LogP contribution in [0.1, 0.15) is 61.9 Å². The van der Waals surface area contributed by atoms with Crippen LogP contribution in [0, 0.1) is 5.92 Å². The summed E-state index contributed by atoms with van der Waals surface area (Å²) in [5, 5.41) is 0. The fourth-order valence-electron chi connectivity index (χ4n) is 5.46. The van der Waals surface area contributed by atoms with Crippen LogP contribution in [0.5, 0.6) is 5.75 Å². The van der Waals surface area contributed by atoms with E-state index in [0.29, 0.717) is 44.1 Å². The van der Waals surface area contributed by atoms with Gasteiger partial charge in [-0.25, -0.2) is 0 Å². The number of hydrogen-bond donors (Lipinski definition) is 0. The van der Waals surface area contributed by atoms with Crippen LogP contribution in [0.25, 0.3) is 0 Å². The molecule has 0 unspecified atom stereocenters. The van der Waals surface area contributed by atoms with Crippen molar-refractivity contribution >= 4 is 17.5 Å². The van der Waals surface area contributed by atoms with Gasteiger partial charge in [0.25, 0.3) is 5.91 Å². The second kappa shape index (κ2) is 14.5. The third kappa shape index (κ3) is 8.54. The average Bonchev–Trinajstić information content (AvgIpc) is 2.97. The van der Waals surface area contributed by atoms with Crippen LogP contribution in [0.2, 0.25) is 0 Å². The third-order valence-electron chi connectivity index (χ3n) is 7.71. The van der Waals surface area contributed by atoms with Crippen molar-refractivity contribution in [3.63, 3.8) is 0 Å². The summed E-state index contributed by atoms with van der Waals surface area (Å²) in [6.07, 6.45) is 5.29. The molecule has 2 aromatic carbocycles. The molecule has 212 valence electrons. The predicted molar refractivity (Wildman–Crippen MR) is 157 cm³/mol. The molecule has 2 aliphatic rings. The lowest BCUT2D eigenvalue weighted by atomic mass is 10.1. The maximum atomic E-state index is 13.7. The molecule has 0 spiro atoms. The lowest BCUT2D eigenvalue weighted by Crippen LogP contribution is -2.37. The number of para-hydroxylation sites is 1. The van der Waals surface area contributed by atoms with E-state index in [2.05, 4.69) is 30.7 Å². The van der Waals surface area contributed by atoms with Crippen molar-refractivity contribution in [3.8, 4) is 5.75 Å². The molecule has 39 heavy (non-hydrogen) atoms. The van der Waals surface area contributed by atoms with E-state index in [1.54, 1.807) is 0 Å². The highest BCUT2D eigenvalue weighted by Gasteiger charge is 2.24. The van der Waals surface area contributed by atoms with Gasteiger partial charge in [0.2, 0.25) is 5.91 Å². The molecule has 0 radical (unpaired) electrons. The SMILES string of the molecule is CC(C)CC(=O)N1CCCN(C)CCN(C(=O)c2ccc(OCCN3CCCCC3)cc2)Cc2ccccc21. The predicted octanol–water partition coefficient (Wildman–Crippen LogP) is 4.91. The highest BCUT2D eigenvalue weighted by Crippen LogP contribution is 2.26. The summed E-state index contributed by atoms with van der Waals surface area (Å²) in [6, 6.07) is 15.6. The van der Waals surface area contributed by atoms with Crippen LogP contribution < -0.4 is 9.64 Å². The van der Waals surface area contributed by atoms with Crippen molar-refractivity contribution in [1.82, 2.24) is 14.7 Å². The number of amides is 2. The zero-order valence-electron chi connectivity index (χ0n) is 24.1. The lowest BCUT2D eigenvalue weighted by molar-refractivity contribution is -0.119. The zero-order chi connectivity index (χ0) is 27.6. The molecular formula is C32H46N4O3. The number of likely N-dealkylation sites (tertiary alicyclic amines) is 1. The van der Waals surface area contributed by atoms with E-state index in [1.807, 2.05) is 58.3 Å². The Morgan fingerprint density at radius 3 is 2.33 bits per heavy atom. The number of anilines is 1. The van der Waals surface area contributed by atoms with Crippen LogP contribution in [0.3, 0.4) is 0 Å². The molecule has 0 aromatic heterocycles. The van der Waals surface area contributed by atoms with Crippen LogP contribution >= 0.6 is 0 Å². The molecule has 7 nitrogen and oxygen atoms in total. The minimum atomic E-state index is -0.00243. The molecule has 0 aliphatic carbocycles.